The molecule has 2 aromatic carbocycles. The van der Waals surface area contributed by atoms with Crippen LogP contribution in [0.15, 0.2) is 36.4 Å². The van der Waals surface area contributed by atoms with Crippen molar-refractivity contribution in [3.8, 4) is 0 Å². The fourth-order valence-corrected chi connectivity index (χ4v) is 2.58. The molecule has 1 N–H and O–H groups in total. The second-order valence-electron chi connectivity index (χ2n) is 4.68. The summed E-state index contributed by atoms with van der Waals surface area (Å²) in [5.41, 5.74) is 4.51. The maximum absolute atomic E-state index is 13.2. The minimum Gasteiger partial charge on any atom is -0.309 e. The molecule has 0 saturated heterocycles. The van der Waals surface area contributed by atoms with E-state index in [-0.39, 0.29) is 11.9 Å². The van der Waals surface area contributed by atoms with E-state index in [0.29, 0.717) is 5.02 Å². The average Bonchev–Trinajstić information content (AvgIpc) is 2.37. The van der Waals surface area contributed by atoms with Gasteiger partial charge in [-0.1, -0.05) is 35.9 Å². The highest BCUT2D eigenvalue weighted by Gasteiger charge is 2.17. The number of aryl methyl sites for hydroxylation is 1. The molecule has 0 aliphatic rings. The Bertz CT molecular complexity index is 595. The minimum atomic E-state index is -0.315. The van der Waals surface area contributed by atoms with Gasteiger partial charge in [-0.2, -0.15) is 0 Å². The van der Waals surface area contributed by atoms with E-state index in [0.717, 1.165) is 11.1 Å². The monoisotopic (exact) mass is 277 g/mol. The lowest BCUT2D eigenvalue weighted by Gasteiger charge is -2.21. The van der Waals surface area contributed by atoms with Gasteiger partial charge in [0, 0.05) is 5.02 Å². The Kier molecular flexibility index (Phi) is 4.23. The topological polar surface area (TPSA) is 12.0 Å². The molecule has 0 bridgehead atoms. The van der Waals surface area contributed by atoms with Crippen molar-refractivity contribution >= 4 is 11.6 Å². The molecule has 1 atom stereocenters. The summed E-state index contributed by atoms with van der Waals surface area (Å²) in [7, 11) is 1.88. The van der Waals surface area contributed by atoms with Crippen LogP contribution in [-0.2, 0) is 0 Å². The van der Waals surface area contributed by atoms with Crippen molar-refractivity contribution in [1.82, 2.24) is 5.32 Å². The van der Waals surface area contributed by atoms with E-state index in [1.165, 1.54) is 23.3 Å². The van der Waals surface area contributed by atoms with E-state index < -0.39 is 0 Å². The lowest BCUT2D eigenvalue weighted by atomic mass is 9.93. The Balaban J connectivity index is 2.53. The summed E-state index contributed by atoms with van der Waals surface area (Å²) in [5.74, 6) is -0.315. The SMILES string of the molecule is CNC(c1ccc(F)cc1Cl)c1cccc(C)c1C. The van der Waals surface area contributed by atoms with E-state index in [1.807, 2.05) is 13.1 Å². The van der Waals surface area contributed by atoms with Gasteiger partial charge in [-0.3, -0.25) is 0 Å². The van der Waals surface area contributed by atoms with Crippen LogP contribution in [0.1, 0.15) is 28.3 Å². The van der Waals surface area contributed by atoms with E-state index in [2.05, 4.69) is 31.3 Å². The van der Waals surface area contributed by atoms with Crippen molar-refractivity contribution in [3.63, 3.8) is 0 Å². The molecule has 0 aliphatic carbocycles. The fraction of sp³-hybridized carbons (Fsp3) is 0.250. The van der Waals surface area contributed by atoms with Gasteiger partial charge in [-0.25, -0.2) is 4.39 Å². The molecule has 2 rings (SSSR count). The first-order valence-corrected chi connectivity index (χ1v) is 6.60. The molecular formula is C16H17ClFN. The second kappa shape index (κ2) is 5.72. The van der Waals surface area contributed by atoms with Gasteiger partial charge >= 0.3 is 0 Å². The highest BCUT2D eigenvalue weighted by atomic mass is 35.5. The van der Waals surface area contributed by atoms with Gasteiger partial charge < -0.3 is 5.32 Å². The second-order valence-corrected chi connectivity index (χ2v) is 5.08. The molecule has 0 aromatic heterocycles. The predicted molar refractivity (Wildman–Crippen MR) is 78.2 cm³/mol. The first-order valence-electron chi connectivity index (χ1n) is 6.23. The predicted octanol–water partition coefficient (Wildman–Crippen LogP) is 4.40. The fourth-order valence-electron chi connectivity index (χ4n) is 2.30. The maximum Gasteiger partial charge on any atom is 0.124 e. The molecule has 0 heterocycles. The Morgan fingerprint density at radius 2 is 1.84 bits per heavy atom. The molecule has 0 radical (unpaired) electrons. The zero-order chi connectivity index (χ0) is 14.0. The van der Waals surface area contributed by atoms with Crippen molar-refractivity contribution < 1.29 is 4.39 Å². The summed E-state index contributed by atoms with van der Waals surface area (Å²) in [6, 6.07) is 10.7. The Morgan fingerprint density at radius 3 is 2.47 bits per heavy atom. The third-order valence-electron chi connectivity index (χ3n) is 3.52. The zero-order valence-electron chi connectivity index (χ0n) is 11.3. The molecular weight excluding hydrogens is 261 g/mol. The number of nitrogens with one attached hydrogen (secondary N) is 1. The van der Waals surface area contributed by atoms with Crippen molar-refractivity contribution in [2.24, 2.45) is 0 Å². The summed E-state index contributed by atoms with van der Waals surface area (Å²) < 4.78 is 13.2. The normalized spacial score (nSPS) is 12.5. The molecule has 3 heteroatoms. The lowest BCUT2D eigenvalue weighted by Crippen LogP contribution is -2.19. The number of benzene rings is 2. The molecule has 0 fully saturated rings. The third-order valence-corrected chi connectivity index (χ3v) is 3.85. The van der Waals surface area contributed by atoms with Gasteiger partial charge in [-0.15, -0.1) is 0 Å². The number of halogens is 2. The quantitative estimate of drug-likeness (QED) is 0.876. The smallest absolute Gasteiger partial charge is 0.124 e. The highest BCUT2D eigenvalue weighted by Crippen LogP contribution is 2.31. The standard InChI is InChI=1S/C16H17ClFN/c1-10-5-4-6-13(11(10)2)16(19-3)14-8-7-12(18)9-15(14)17/h4-9,16,19H,1-3H3. The van der Waals surface area contributed by atoms with Crippen LogP contribution in [0.3, 0.4) is 0 Å². The summed E-state index contributed by atoms with van der Waals surface area (Å²) in [6.07, 6.45) is 0. The molecule has 0 spiro atoms. The first-order chi connectivity index (χ1) is 9.04. The van der Waals surface area contributed by atoms with E-state index >= 15 is 0 Å². The van der Waals surface area contributed by atoms with Gasteiger partial charge in [0.25, 0.3) is 0 Å². The highest BCUT2D eigenvalue weighted by molar-refractivity contribution is 6.31. The van der Waals surface area contributed by atoms with Gasteiger partial charge in [-0.05, 0) is 55.3 Å². The van der Waals surface area contributed by atoms with E-state index in [4.69, 9.17) is 11.6 Å². The van der Waals surface area contributed by atoms with Crippen LogP contribution >= 0.6 is 11.6 Å². The van der Waals surface area contributed by atoms with Crippen LogP contribution in [0.2, 0.25) is 5.02 Å². The van der Waals surface area contributed by atoms with Crippen molar-refractivity contribution in [2.45, 2.75) is 19.9 Å². The van der Waals surface area contributed by atoms with Crippen molar-refractivity contribution in [2.75, 3.05) is 7.05 Å². The largest absolute Gasteiger partial charge is 0.309 e. The van der Waals surface area contributed by atoms with Crippen LogP contribution in [0.25, 0.3) is 0 Å². The summed E-state index contributed by atoms with van der Waals surface area (Å²) in [5, 5.41) is 3.70. The lowest BCUT2D eigenvalue weighted by molar-refractivity contribution is 0.623. The maximum atomic E-state index is 13.2. The van der Waals surface area contributed by atoms with Gasteiger partial charge in [0.1, 0.15) is 5.82 Å². The van der Waals surface area contributed by atoms with Gasteiger partial charge in [0.2, 0.25) is 0 Å². The summed E-state index contributed by atoms with van der Waals surface area (Å²) in [4.78, 5) is 0. The summed E-state index contributed by atoms with van der Waals surface area (Å²) in [6.45, 7) is 4.17. The molecule has 0 amide bonds. The van der Waals surface area contributed by atoms with Gasteiger partial charge in [0.05, 0.1) is 6.04 Å². The number of hydrogen-bond acceptors (Lipinski definition) is 1. The van der Waals surface area contributed by atoms with Crippen molar-refractivity contribution in [3.05, 3.63) is 69.5 Å². The molecule has 19 heavy (non-hydrogen) atoms. The Hall–Kier alpha value is -1.38. The Labute approximate surface area is 118 Å². The number of hydrogen-bond donors (Lipinski definition) is 1. The van der Waals surface area contributed by atoms with Crippen LogP contribution in [0.4, 0.5) is 4.39 Å². The van der Waals surface area contributed by atoms with E-state index in [9.17, 15) is 4.39 Å². The van der Waals surface area contributed by atoms with Crippen LogP contribution in [0, 0.1) is 19.7 Å². The molecule has 1 nitrogen and oxygen atoms in total. The minimum absolute atomic E-state index is 0.0343. The van der Waals surface area contributed by atoms with Crippen molar-refractivity contribution in [1.29, 1.82) is 0 Å². The van der Waals surface area contributed by atoms with Crippen LogP contribution in [-0.4, -0.2) is 7.05 Å². The van der Waals surface area contributed by atoms with Crippen LogP contribution < -0.4 is 5.32 Å². The zero-order valence-corrected chi connectivity index (χ0v) is 12.1. The van der Waals surface area contributed by atoms with Crippen LogP contribution in [0.5, 0.6) is 0 Å². The first kappa shape index (κ1) is 14.0. The molecule has 2 aromatic rings. The molecule has 0 saturated carbocycles. The van der Waals surface area contributed by atoms with Gasteiger partial charge in [0.15, 0.2) is 0 Å². The average molecular weight is 278 g/mol. The molecule has 0 aliphatic heterocycles. The molecule has 100 valence electrons. The summed E-state index contributed by atoms with van der Waals surface area (Å²) >= 11 is 6.17. The third kappa shape index (κ3) is 2.80. The molecule has 1 unspecified atom stereocenters. The Morgan fingerprint density at radius 1 is 1.11 bits per heavy atom. The number of rotatable bonds is 3. The van der Waals surface area contributed by atoms with E-state index in [1.54, 1.807) is 6.07 Å².